The van der Waals surface area contributed by atoms with E-state index in [1.54, 1.807) is 0 Å². The molecule has 0 aliphatic carbocycles. The van der Waals surface area contributed by atoms with Gasteiger partial charge in [0.2, 0.25) is 0 Å². The number of hydrogen-bond donors (Lipinski definition) is 0. The molecule has 0 atom stereocenters. The Kier molecular flexibility index (Phi) is 5.77. The summed E-state index contributed by atoms with van der Waals surface area (Å²) < 4.78 is 6.57. The number of hydrogen-bond acceptors (Lipinski definition) is 4. The number of carbonyl (C=O) groups excluding carboxylic acids is 1. The Morgan fingerprint density at radius 3 is 2.54 bits per heavy atom. The van der Waals surface area contributed by atoms with Gasteiger partial charge in [0.1, 0.15) is 10.1 Å². The van der Waals surface area contributed by atoms with Crippen LogP contribution in [-0.4, -0.2) is 23.1 Å². The van der Waals surface area contributed by atoms with Crippen LogP contribution in [0, 0.1) is 0 Å². The van der Waals surface area contributed by atoms with Gasteiger partial charge in [0, 0.05) is 6.42 Å². The fourth-order valence-electron chi connectivity index (χ4n) is 2.22. The molecule has 1 aliphatic heterocycles. The molecule has 24 heavy (non-hydrogen) atoms. The molecule has 0 radical (unpaired) electrons. The average Bonchev–Trinajstić information content (AvgIpc) is 2.97. The topological polar surface area (TPSA) is 38.7 Å². The molecule has 0 aromatic heterocycles. The minimum absolute atomic E-state index is 0.160. The lowest BCUT2D eigenvalue weighted by molar-refractivity contribution is -0.113. The van der Waals surface area contributed by atoms with Gasteiger partial charge in [0.05, 0.1) is 11.5 Å². The number of thioether (sulfide) groups is 2. The molecule has 0 saturated carbocycles. The van der Waals surface area contributed by atoms with Crippen LogP contribution in [0.5, 0.6) is 5.75 Å². The smallest absolute Gasteiger partial charge is 0.285 e. The van der Waals surface area contributed by atoms with Crippen molar-refractivity contribution in [3.63, 3.8) is 0 Å². The van der Waals surface area contributed by atoms with E-state index in [-0.39, 0.29) is 5.91 Å². The van der Waals surface area contributed by atoms with Gasteiger partial charge in [0.15, 0.2) is 0 Å². The Hall–Kier alpha value is -1.98. The third-order valence-electron chi connectivity index (χ3n) is 3.46. The van der Waals surface area contributed by atoms with Crippen molar-refractivity contribution in [3.8, 4) is 5.75 Å². The maximum atomic E-state index is 11.8. The SMILES string of the molecule is CSC1=NC(=O)/C(=C\c2ccc(OCCc3ccccc3)cc2)S1. The van der Waals surface area contributed by atoms with E-state index in [9.17, 15) is 4.79 Å². The highest BCUT2D eigenvalue weighted by molar-refractivity contribution is 8.40. The first-order valence-electron chi connectivity index (χ1n) is 7.58. The summed E-state index contributed by atoms with van der Waals surface area (Å²) in [5.74, 6) is 0.673. The number of amides is 1. The van der Waals surface area contributed by atoms with E-state index in [1.807, 2.05) is 54.8 Å². The highest BCUT2D eigenvalue weighted by Gasteiger charge is 2.20. The van der Waals surface area contributed by atoms with Crippen LogP contribution in [0.15, 0.2) is 64.5 Å². The highest BCUT2D eigenvalue weighted by atomic mass is 32.2. The normalized spacial score (nSPS) is 15.6. The van der Waals surface area contributed by atoms with Crippen molar-refractivity contribution in [1.82, 2.24) is 0 Å². The van der Waals surface area contributed by atoms with Gasteiger partial charge in [-0.3, -0.25) is 4.79 Å². The van der Waals surface area contributed by atoms with Gasteiger partial charge in [-0.25, -0.2) is 0 Å². The van der Waals surface area contributed by atoms with Crippen molar-refractivity contribution in [2.24, 2.45) is 4.99 Å². The molecule has 1 aliphatic rings. The van der Waals surface area contributed by atoms with E-state index < -0.39 is 0 Å². The fraction of sp³-hybridized carbons (Fsp3) is 0.158. The summed E-state index contributed by atoms with van der Waals surface area (Å²) in [5, 5.41) is 0. The van der Waals surface area contributed by atoms with Crippen molar-refractivity contribution in [3.05, 3.63) is 70.6 Å². The monoisotopic (exact) mass is 355 g/mol. The lowest BCUT2D eigenvalue weighted by Crippen LogP contribution is -2.01. The number of ether oxygens (including phenoxy) is 1. The Bertz CT molecular complexity index is 768. The van der Waals surface area contributed by atoms with Gasteiger partial charge >= 0.3 is 0 Å². The molecular formula is C19H17NO2S2. The van der Waals surface area contributed by atoms with Gasteiger partial charge in [-0.05, 0) is 35.6 Å². The maximum absolute atomic E-state index is 11.8. The van der Waals surface area contributed by atoms with Crippen molar-refractivity contribution < 1.29 is 9.53 Å². The summed E-state index contributed by atoms with van der Waals surface area (Å²) in [7, 11) is 0. The predicted molar refractivity (Wildman–Crippen MR) is 104 cm³/mol. The molecule has 3 rings (SSSR count). The molecule has 0 fully saturated rings. The van der Waals surface area contributed by atoms with Gasteiger partial charge in [0.25, 0.3) is 5.91 Å². The maximum Gasteiger partial charge on any atom is 0.285 e. The summed E-state index contributed by atoms with van der Waals surface area (Å²) in [5.41, 5.74) is 2.24. The third kappa shape index (κ3) is 4.52. The van der Waals surface area contributed by atoms with Crippen molar-refractivity contribution >= 4 is 39.9 Å². The third-order valence-corrected chi connectivity index (χ3v) is 5.42. The lowest BCUT2D eigenvalue weighted by atomic mass is 10.2. The molecule has 2 aromatic carbocycles. The molecule has 5 heteroatoms. The second-order valence-electron chi connectivity index (χ2n) is 5.15. The van der Waals surface area contributed by atoms with Crippen LogP contribution < -0.4 is 4.74 Å². The first-order valence-corrected chi connectivity index (χ1v) is 9.62. The molecule has 1 amide bonds. The standard InChI is InChI=1S/C19H17NO2S2/c1-23-19-20-18(21)17(24-19)13-15-7-9-16(10-8-15)22-12-11-14-5-3-2-4-6-14/h2-10,13H,11-12H2,1H3/b17-13+. The van der Waals surface area contributed by atoms with Crippen LogP contribution in [0.3, 0.4) is 0 Å². The fourth-order valence-corrected chi connectivity index (χ4v) is 3.64. The van der Waals surface area contributed by atoms with Crippen LogP contribution in [0.1, 0.15) is 11.1 Å². The summed E-state index contributed by atoms with van der Waals surface area (Å²) in [6.45, 7) is 0.643. The highest BCUT2D eigenvalue weighted by Crippen LogP contribution is 2.32. The van der Waals surface area contributed by atoms with Crippen LogP contribution >= 0.6 is 23.5 Å². The molecule has 122 valence electrons. The molecule has 2 aromatic rings. The summed E-state index contributed by atoms with van der Waals surface area (Å²) in [4.78, 5) is 16.4. The zero-order chi connectivity index (χ0) is 16.8. The van der Waals surface area contributed by atoms with Crippen LogP contribution in [0.4, 0.5) is 0 Å². The second kappa shape index (κ2) is 8.22. The Morgan fingerprint density at radius 2 is 1.88 bits per heavy atom. The zero-order valence-corrected chi connectivity index (χ0v) is 14.9. The molecular weight excluding hydrogens is 338 g/mol. The molecule has 3 nitrogen and oxygen atoms in total. The first kappa shape index (κ1) is 16.9. The Labute approximate surface area is 150 Å². The summed E-state index contributed by atoms with van der Waals surface area (Å²) >= 11 is 2.91. The number of aliphatic imine (C=N–C) groups is 1. The zero-order valence-electron chi connectivity index (χ0n) is 13.3. The van der Waals surface area contributed by atoms with E-state index in [4.69, 9.17) is 4.74 Å². The van der Waals surface area contributed by atoms with Crippen LogP contribution in [-0.2, 0) is 11.2 Å². The second-order valence-corrected chi connectivity index (χ2v) is 7.23. The van der Waals surface area contributed by atoms with E-state index in [0.717, 1.165) is 22.1 Å². The largest absolute Gasteiger partial charge is 0.493 e. The van der Waals surface area contributed by atoms with Crippen molar-refractivity contribution in [1.29, 1.82) is 0 Å². The van der Waals surface area contributed by atoms with E-state index >= 15 is 0 Å². The quantitative estimate of drug-likeness (QED) is 0.732. The molecule has 0 unspecified atom stereocenters. The minimum atomic E-state index is -0.160. The summed E-state index contributed by atoms with van der Waals surface area (Å²) in [6.07, 6.45) is 4.67. The number of rotatable bonds is 5. The number of nitrogens with zero attached hydrogens (tertiary/aromatic N) is 1. The van der Waals surface area contributed by atoms with Gasteiger partial charge in [-0.1, -0.05) is 54.2 Å². The van der Waals surface area contributed by atoms with Gasteiger partial charge < -0.3 is 4.74 Å². The average molecular weight is 355 g/mol. The van der Waals surface area contributed by atoms with E-state index in [1.165, 1.54) is 29.1 Å². The van der Waals surface area contributed by atoms with Crippen LogP contribution in [0.25, 0.3) is 6.08 Å². The van der Waals surface area contributed by atoms with E-state index in [0.29, 0.717) is 11.5 Å². The molecule has 0 saturated heterocycles. The molecule has 0 spiro atoms. The van der Waals surface area contributed by atoms with E-state index in [2.05, 4.69) is 17.1 Å². The minimum Gasteiger partial charge on any atom is -0.493 e. The molecule has 0 N–H and O–H groups in total. The molecule has 0 bridgehead atoms. The van der Waals surface area contributed by atoms with Crippen molar-refractivity contribution in [2.75, 3.05) is 12.9 Å². The van der Waals surface area contributed by atoms with Crippen LogP contribution in [0.2, 0.25) is 0 Å². The van der Waals surface area contributed by atoms with Gasteiger partial charge in [-0.15, -0.1) is 11.8 Å². The Morgan fingerprint density at radius 1 is 1.12 bits per heavy atom. The summed E-state index contributed by atoms with van der Waals surface area (Å²) in [6, 6.07) is 18.0. The number of carbonyl (C=O) groups is 1. The van der Waals surface area contributed by atoms with Crippen molar-refractivity contribution in [2.45, 2.75) is 6.42 Å². The lowest BCUT2D eigenvalue weighted by Gasteiger charge is -2.06. The first-order chi connectivity index (χ1) is 11.7. The van der Waals surface area contributed by atoms with Gasteiger partial charge in [-0.2, -0.15) is 4.99 Å². The predicted octanol–water partition coefficient (Wildman–Crippen LogP) is 4.64. The number of benzene rings is 2. The Balaban J connectivity index is 1.55. The molecule has 1 heterocycles.